The minimum absolute atomic E-state index is 0. The zero-order valence-corrected chi connectivity index (χ0v) is 8.54. The second-order valence-electron chi connectivity index (χ2n) is 1.39. The Hall–Kier alpha value is -0.390. The normalized spacial score (nSPS) is 10.2. The third-order valence-corrected chi connectivity index (χ3v) is 2.05. The zero-order valence-electron chi connectivity index (χ0n) is 7.65. The predicted octanol–water partition coefficient (Wildman–Crippen LogP) is 2.26. The van der Waals surface area contributed by atoms with Gasteiger partial charge in [-0.05, 0) is 6.92 Å². The van der Waals surface area contributed by atoms with E-state index >= 15 is 0 Å². The second kappa shape index (κ2) is 8.70. The van der Waals surface area contributed by atoms with Crippen molar-refractivity contribution in [3.8, 4) is 0 Å². The first kappa shape index (κ1) is 17.6. The van der Waals surface area contributed by atoms with Gasteiger partial charge in [0.25, 0.3) is 0 Å². The maximum atomic E-state index is 11.0. The summed E-state index contributed by atoms with van der Waals surface area (Å²) in [5, 5.41) is 0. The Morgan fingerprint density at radius 2 is 1.58 bits per heavy atom. The molecule has 0 aromatic heterocycles. The van der Waals surface area contributed by atoms with Crippen molar-refractivity contribution in [1.82, 2.24) is 12.3 Å². The maximum absolute atomic E-state index is 11.0. The van der Waals surface area contributed by atoms with E-state index in [0.29, 0.717) is 0 Å². The summed E-state index contributed by atoms with van der Waals surface area (Å²) in [5.41, 5.74) is 0. The monoisotopic (exact) mass is 200 g/mol. The van der Waals surface area contributed by atoms with E-state index in [1.54, 1.807) is 13.0 Å². The molecule has 6 nitrogen and oxygen atoms in total. The molecule has 0 aromatic rings. The molecule has 0 rings (SSSR count). The van der Waals surface area contributed by atoms with E-state index in [1.165, 1.54) is 20.5 Å². The summed E-state index contributed by atoms with van der Waals surface area (Å²) in [6.07, 6.45) is 2.85. The Balaban J connectivity index is -0.000000405. The van der Waals surface area contributed by atoms with Crippen molar-refractivity contribution in [1.29, 1.82) is 0 Å². The predicted molar refractivity (Wildman–Crippen MR) is 47.6 cm³/mol. The van der Waals surface area contributed by atoms with Gasteiger partial charge in [0.05, 0.1) is 6.26 Å². The number of phosphoric acid groups is 1. The molecule has 0 atom stereocenters. The van der Waals surface area contributed by atoms with Crippen LogP contribution in [0.1, 0.15) is 6.92 Å². The molecule has 12 heavy (non-hydrogen) atoms. The minimum atomic E-state index is -3.28. The molecular formula is C5H17N2O4P. The van der Waals surface area contributed by atoms with E-state index in [9.17, 15) is 4.57 Å². The van der Waals surface area contributed by atoms with Gasteiger partial charge in [-0.25, -0.2) is 4.57 Å². The van der Waals surface area contributed by atoms with Gasteiger partial charge in [-0.3, -0.25) is 9.05 Å². The quantitative estimate of drug-likeness (QED) is 0.531. The summed E-state index contributed by atoms with van der Waals surface area (Å²) in [7, 11) is -0.769. The molecule has 0 saturated carbocycles. The smallest absolute Gasteiger partial charge is 0.412 e. The van der Waals surface area contributed by atoms with E-state index in [4.69, 9.17) is 0 Å². The lowest BCUT2D eigenvalue weighted by Gasteiger charge is -2.09. The summed E-state index contributed by atoms with van der Waals surface area (Å²) in [6, 6.07) is 0. The second-order valence-corrected chi connectivity index (χ2v) is 3.22. The van der Waals surface area contributed by atoms with Crippen LogP contribution in [0.3, 0.4) is 0 Å². The first-order chi connectivity index (χ1) is 4.68. The fraction of sp³-hybridized carbons (Fsp3) is 0.600. The molecule has 6 N–H and O–H groups in total. The van der Waals surface area contributed by atoms with Crippen LogP contribution in [0.25, 0.3) is 0 Å². The third-order valence-electron chi connectivity index (χ3n) is 0.773. The van der Waals surface area contributed by atoms with Crippen LogP contribution in [0, 0.1) is 0 Å². The lowest BCUT2D eigenvalue weighted by Crippen LogP contribution is -1.88. The number of hydrogen-bond donors (Lipinski definition) is 2. The SMILES string of the molecule is CC=COP(=O)(OC)OC.N.N. The van der Waals surface area contributed by atoms with Crippen LogP contribution >= 0.6 is 7.82 Å². The van der Waals surface area contributed by atoms with Crippen LogP contribution in [-0.4, -0.2) is 14.2 Å². The highest BCUT2D eigenvalue weighted by Gasteiger charge is 2.21. The van der Waals surface area contributed by atoms with Crippen LogP contribution in [0.5, 0.6) is 0 Å². The number of allylic oxidation sites excluding steroid dienone is 1. The Kier molecular flexibility index (Phi) is 12.8. The topological polar surface area (TPSA) is 115 Å². The van der Waals surface area contributed by atoms with Gasteiger partial charge in [-0.15, -0.1) is 0 Å². The minimum Gasteiger partial charge on any atom is -0.412 e. The Labute approximate surface area is 72.7 Å². The van der Waals surface area contributed by atoms with Crippen molar-refractivity contribution in [2.75, 3.05) is 14.2 Å². The van der Waals surface area contributed by atoms with Crippen LogP contribution in [0.2, 0.25) is 0 Å². The Morgan fingerprint density at radius 1 is 1.17 bits per heavy atom. The third kappa shape index (κ3) is 6.33. The fourth-order valence-electron chi connectivity index (χ4n) is 0.296. The van der Waals surface area contributed by atoms with E-state index < -0.39 is 7.82 Å². The standard InChI is InChI=1S/C5H11O4P.2H3N/c1-4-5-9-10(6,7-2)8-3;;/h4-5H,1-3H3;2*1H3. The lowest BCUT2D eigenvalue weighted by atomic mass is 10.8. The van der Waals surface area contributed by atoms with Crippen molar-refractivity contribution in [3.05, 3.63) is 12.3 Å². The van der Waals surface area contributed by atoms with Gasteiger partial charge in [-0.2, -0.15) is 0 Å². The molecular weight excluding hydrogens is 183 g/mol. The average Bonchev–Trinajstić information content (AvgIpc) is 2.00. The molecule has 0 radical (unpaired) electrons. The Morgan fingerprint density at radius 3 is 1.83 bits per heavy atom. The highest BCUT2D eigenvalue weighted by molar-refractivity contribution is 7.48. The van der Waals surface area contributed by atoms with E-state index in [-0.39, 0.29) is 12.3 Å². The fourth-order valence-corrected chi connectivity index (χ4v) is 0.888. The molecule has 0 amide bonds. The number of rotatable bonds is 4. The summed E-state index contributed by atoms with van der Waals surface area (Å²) in [4.78, 5) is 0. The van der Waals surface area contributed by atoms with E-state index in [0.717, 1.165) is 0 Å². The zero-order chi connectivity index (χ0) is 8.04. The molecule has 0 spiro atoms. The summed E-state index contributed by atoms with van der Waals surface area (Å²) in [5.74, 6) is 0. The largest absolute Gasteiger partial charge is 0.528 e. The van der Waals surface area contributed by atoms with Gasteiger partial charge in [0.15, 0.2) is 0 Å². The molecule has 7 heteroatoms. The highest BCUT2D eigenvalue weighted by Crippen LogP contribution is 2.47. The first-order valence-corrected chi connectivity index (χ1v) is 4.15. The van der Waals surface area contributed by atoms with Crippen LogP contribution in [-0.2, 0) is 18.1 Å². The maximum Gasteiger partial charge on any atom is 0.528 e. The molecule has 0 aromatic carbocycles. The summed E-state index contributed by atoms with van der Waals surface area (Å²) < 4.78 is 24.5. The molecule has 0 bridgehead atoms. The molecule has 0 unspecified atom stereocenters. The van der Waals surface area contributed by atoms with E-state index in [2.05, 4.69) is 13.6 Å². The van der Waals surface area contributed by atoms with Gasteiger partial charge in [0.1, 0.15) is 0 Å². The molecule has 0 saturated heterocycles. The summed E-state index contributed by atoms with van der Waals surface area (Å²) in [6.45, 7) is 1.73. The molecule has 0 heterocycles. The van der Waals surface area contributed by atoms with Crippen LogP contribution in [0.4, 0.5) is 0 Å². The van der Waals surface area contributed by atoms with Crippen molar-refractivity contribution >= 4 is 7.82 Å². The van der Waals surface area contributed by atoms with Gasteiger partial charge in [0.2, 0.25) is 0 Å². The average molecular weight is 200 g/mol. The van der Waals surface area contributed by atoms with Gasteiger partial charge in [0, 0.05) is 14.2 Å². The highest BCUT2D eigenvalue weighted by atomic mass is 31.2. The van der Waals surface area contributed by atoms with Gasteiger partial charge < -0.3 is 16.8 Å². The van der Waals surface area contributed by atoms with Gasteiger partial charge in [-0.1, -0.05) is 6.08 Å². The molecule has 0 aliphatic rings. The van der Waals surface area contributed by atoms with Crippen LogP contribution in [0.15, 0.2) is 12.3 Å². The number of hydrogen-bond acceptors (Lipinski definition) is 6. The van der Waals surface area contributed by atoms with Gasteiger partial charge >= 0.3 is 7.82 Å². The lowest BCUT2D eigenvalue weighted by molar-refractivity contribution is 0.193. The number of phosphoric ester groups is 1. The van der Waals surface area contributed by atoms with Crippen molar-refractivity contribution < 1.29 is 18.1 Å². The molecule has 0 aliphatic carbocycles. The van der Waals surface area contributed by atoms with Crippen molar-refractivity contribution in [2.24, 2.45) is 0 Å². The Bertz CT molecular complexity index is 154. The molecule has 76 valence electrons. The summed E-state index contributed by atoms with van der Waals surface area (Å²) >= 11 is 0. The molecule has 0 aliphatic heterocycles. The molecule has 0 fully saturated rings. The van der Waals surface area contributed by atoms with Crippen molar-refractivity contribution in [2.45, 2.75) is 6.92 Å². The van der Waals surface area contributed by atoms with Crippen molar-refractivity contribution in [3.63, 3.8) is 0 Å². The van der Waals surface area contributed by atoms with E-state index in [1.807, 2.05) is 0 Å². The first-order valence-electron chi connectivity index (χ1n) is 2.69. The van der Waals surface area contributed by atoms with Crippen LogP contribution < -0.4 is 12.3 Å².